The molecule has 0 amide bonds. The highest BCUT2D eigenvalue weighted by Crippen LogP contribution is 2.32. The molecule has 21 heavy (non-hydrogen) atoms. The lowest BCUT2D eigenvalue weighted by Gasteiger charge is -2.38. The number of hydrogen-bond donors (Lipinski definition) is 2. The summed E-state index contributed by atoms with van der Waals surface area (Å²) in [6, 6.07) is 7.38. The van der Waals surface area contributed by atoms with E-state index in [0.29, 0.717) is 4.90 Å². The molecule has 0 spiro atoms. The predicted molar refractivity (Wildman–Crippen MR) is 85.7 cm³/mol. The molecule has 5 heteroatoms. The lowest BCUT2D eigenvalue weighted by Crippen LogP contribution is -2.50. The van der Waals surface area contributed by atoms with Crippen molar-refractivity contribution in [3.8, 4) is 0 Å². The van der Waals surface area contributed by atoms with Crippen LogP contribution in [0.15, 0.2) is 29.2 Å². The van der Waals surface area contributed by atoms with E-state index < -0.39 is 10.0 Å². The van der Waals surface area contributed by atoms with Crippen LogP contribution in [0.1, 0.15) is 58.1 Å². The van der Waals surface area contributed by atoms with Gasteiger partial charge in [0, 0.05) is 11.6 Å². The fourth-order valence-electron chi connectivity index (χ4n) is 2.62. The maximum absolute atomic E-state index is 12.5. The highest BCUT2D eigenvalue weighted by Gasteiger charge is 2.36. The summed E-state index contributed by atoms with van der Waals surface area (Å²) in [5, 5.41) is 3.38. The summed E-state index contributed by atoms with van der Waals surface area (Å²) in [6.07, 6.45) is 3.99. The van der Waals surface area contributed by atoms with Crippen molar-refractivity contribution in [2.45, 2.75) is 62.9 Å². The Bertz CT molecular complexity index is 580. The maximum atomic E-state index is 12.5. The molecular formula is C16H26N2O2S. The smallest absolute Gasteiger partial charge is 0.241 e. The first-order valence-electron chi connectivity index (χ1n) is 7.74. The summed E-state index contributed by atoms with van der Waals surface area (Å²) >= 11 is 0. The van der Waals surface area contributed by atoms with Gasteiger partial charge < -0.3 is 5.32 Å². The summed E-state index contributed by atoms with van der Waals surface area (Å²) in [5.74, 6) is 0. The fraction of sp³-hybridized carbons (Fsp3) is 0.625. The molecule has 0 saturated heterocycles. The van der Waals surface area contributed by atoms with Gasteiger partial charge in [-0.25, -0.2) is 13.1 Å². The van der Waals surface area contributed by atoms with E-state index in [1.807, 2.05) is 19.1 Å². The first kappa shape index (κ1) is 16.5. The van der Waals surface area contributed by atoms with Crippen LogP contribution in [0, 0.1) is 0 Å². The molecule has 0 aromatic heterocycles. The molecule has 0 radical (unpaired) electrons. The zero-order valence-electron chi connectivity index (χ0n) is 13.1. The maximum Gasteiger partial charge on any atom is 0.241 e. The van der Waals surface area contributed by atoms with Crippen LogP contribution in [0.25, 0.3) is 0 Å². The molecule has 4 nitrogen and oxygen atoms in total. The molecule has 1 atom stereocenters. The van der Waals surface area contributed by atoms with E-state index in [0.717, 1.165) is 37.8 Å². The molecule has 118 valence electrons. The minimum atomic E-state index is -3.43. The third-order valence-electron chi connectivity index (χ3n) is 4.21. The summed E-state index contributed by atoms with van der Waals surface area (Å²) in [4.78, 5) is 0.360. The van der Waals surface area contributed by atoms with E-state index in [4.69, 9.17) is 0 Å². The third kappa shape index (κ3) is 4.05. The molecule has 1 saturated carbocycles. The van der Waals surface area contributed by atoms with Crippen LogP contribution in [0.4, 0.5) is 0 Å². The van der Waals surface area contributed by atoms with Crippen molar-refractivity contribution in [3.05, 3.63) is 29.8 Å². The van der Waals surface area contributed by atoms with Crippen molar-refractivity contribution in [2.75, 3.05) is 6.54 Å². The van der Waals surface area contributed by atoms with Gasteiger partial charge in [0.05, 0.1) is 4.90 Å². The minimum Gasteiger partial charge on any atom is -0.310 e. The van der Waals surface area contributed by atoms with Crippen molar-refractivity contribution < 1.29 is 8.42 Å². The van der Waals surface area contributed by atoms with Gasteiger partial charge in [0.25, 0.3) is 0 Å². The Hall–Kier alpha value is -0.910. The van der Waals surface area contributed by atoms with Gasteiger partial charge in [-0.05, 0) is 63.8 Å². The Morgan fingerprint density at radius 3 is 2.62 bits per heavy atom. The van der Waals surface area contributed by atoms with Gasteiger partial charge in [0.15, 0.2) is 0 Å². The first-order chi connectivity index (χ1) is 9.86. The summed E-state index contributed by atoms with van der Waals surface area (Å²) in [7, 11) is -3.43. The van der Waals surface area contributed by atoms with Crippen molar-refractivity contribution >= 4 is 10.0 Å². The molecule has 0 heterocycles. The van der Waals surface area contributed by atoms with Crippen molar-refractivity contribution in [1.82, 2.24) is 10.0 Å². The highest BCUT2D eigenvalue weighted by molar-refractivity contribution is 7.89. The van der Waals surface area contributed by atoms with Crippen molar-refractivity contribution in [2.24, 2.45) is 0 Å². The molecule has 1 aromatic rings. The van der Waals surface area contributed by atoms with Gasteiger partial charge >= 0.3 is 0 Å². The molecule has 1 aromatic carbocycles. The minimum absolute atomic E-state index is 0.152. The Morgan fingerprint density at radius 1 is 1.33 bits per heavy atom. The quantitative estimate of drug-likeness (QED) is 0.814. The number of hydrogen-bond acceptors (Lipinski definition) is 3. The van der Waals surface area contributed by atoms with Gasteiger partial charge in [0.2, 0.25) is 10.0 Å². The van der Waals surface area contributed by atoms with Crippen molar-refractivity contribution in [1.29, 1.82) is 0 Å². The van der Waals surface area contributed by atoms with E-state index in [9.17, 15) is 8.42 Å². The normalized spacial score (nSPS) is 19.0. The summed E-state index contributed by atoms with van der Waals surface area (Å²) in [5.41, 5.74) is 0.742. The largest absolute Gasteiger partial charge is 0.310 e. The van der Waals surface area contributed by atoms with Crippen LogP contribution in [0.2, 0.25) is 0 Å². The average Bonchev–Trinajstić information content (AvgIpc) is 2.43. The molecule has 1 aliphatic carbocycles. The number of nitrogens with one attached hydrogen (secondary N) is 2. The number of benzene rings is 1. The van der Waals surface area contributed by atoms with Gasteiger partial charge in [-0.1, -0.05) is 19.1 Å². The van der Waals surface area contributed by atoms with Gasteiger partial charge in [-0.3, -0.25) is 0 Å². The molecule has 2 N–H and O–H groups in total. The summed E-state index contributed by atoms with van der Waals surface area (Å²) < 4.78 is 27.8. The van der Waals surface area contributed by atoms with Crippen LogP contribution in [-0.4, -0.2) is 20.5 Å². The number of sulfonamides is 1. The lowest BCUT2D eigenvalue weighted by molar-refractivity contribution is 0.248. The van der Waals surface area contributed by atoms with Crippen LogP contribution in [-0.2, 0) is 10.0 Å². The number of rotatable bonds is 7. The van der Waals surface area contributed by atoms with Gasteiger partial charge in [-0.15, -0.1) is 0 Å². The second kappa shape index (κ2) is 6.46. The van der Waals surface area contributed by atoms with E-state index in [-0.39, 0.29) is 11.6 Å². The Kier molecular flexibility index (Phi) is 5.07. The Balaban J connectivity index is 2.16. The predicted octanol–water partition coefficient (Wildman–Crippen LogP) is 2.97. The lowest BCUT2D eigenvalue weighted by atomic mass is 9.80. The molecule has 2 rings (SSSR count). The second-order valence-electron chi connectivity index (χ2n) is 6.27. The van der Waals surface area contributed by atoms with E-state index in [2.05, 4.69) is 23.9 Å². The highest BCUT2D eigenvalue weighted by atomic mass is 32.2. The van der Waals surface area contributed by atoms with Gasteiger partial charge in [-0.2, -0.15) is 0 Å². The molecule has 1 fully saturated rings. The zero-order chi connectivity index (χ0) is 15.5. The summed E-state index contributed by atoms with van der Waals surface area (Å²) in [6.45, 7) is 7.07. The van der Waals surface area contributed by atoms with E-state index in [1.54, 1.807) is 12.1 Å². The Labute approximate surface area is 128 Å². The SMILES string of the molecule is CCCNC(C)c1cccc(S(=O)(=O)NC2(C)CCC2)c1. The molecular weight excluding hydrogens is 284 g/mol. The Morgan fingerprint density at radius 2 is 2.05 bits per heavy atom. The zero-order valence-corrected chi connectivity index (χ0v) is 14.0. The third-order valence-corrected chi connectivity index (χ3v) is 5.84. The van der Waals surface area contributed by atoms with E-state index >= 15 is 0 Å². The molecule has 1 aliphatic rings. The topological polar surface area (TPSA) is 58.2 Å². The van der Waals surface area contributed by atoms with Crippen LogP contribution in [0.5, 0.6) is 0 Å². The molecule has 1 unspecified atom stereocenters. The molecule has 0 aliphatic heterocycles. The fourth-order valence-corrected chi connectivity index (χ4v) is 4.14. The standard InChI is InChI=1S/C16H26N2O2S/c1-4-11-17-13(2)14-7-5-8-15(12-14)21(19,20)18-16(3)9-6-10-16/h5,7-8,12-13,17-18H,4,6,9-11H2,1-3H3. The second-order valence-corrected chi connectivity index (χ2v) is 7.95. The van der Waals surface area contributed by atoms with Crippen LogP contribution in [0.3, 0.4) is 0 Å². The monoisotopic (exact) mass is 310 g/mol. The van der Waals surface area contributed by atoms with Gasteiger partial charge in [0.1, 0.15) is 0 Å². The van der Waals surface area contributed by atoms with Crippen molar-refractivity contribution in [3.63, 3.8) is 0 Å². The van der Waals surface area contributed by atoms with Crippen LogP contribution >= 0.6 is 0 Å². The van der Waals surface area contributed by atoms with Crippen LogP contribution < -0.4 is 10.0 Å². The first-order valence-corrected chi connectivity index (χ1v) is 9.22. The molecule has 0 bridgehead atoms. The van der Waals surface area contributed by atoms with E-state index in [1.165, 1.54) is 0 Å². The average molecular weight is 310 g/mol.